The number of pyridine rings is 1. The Kier molecular flexibility index (Phi) is 7.30. The second-order valence-corrected chi connectivity index (χ2v) is 11.9. The molecule has 8 heteroatoms. The van der Waals surface area contributed by atoms with Crippen LogP contribution in [0.3, 0.4) is 0 Å². The molecule has 0 aromatic carbocycles. The van der Waals surface area contributed by atoms with Gasteiger partial charge in [-0.1, -0.05) is 26.7 Å². The molecule has 2 fully saturated rings. The molecule has 7 nitrogen and oxygen atoms in total. The lowest BCUT2D eigenvalue weighted by atomic mass is 9.82. The summed E-state index contributed by atoms with van der Waals surface area (Å²) >= 11 is 0. The Bertz CT molecular complexity index is 1020. The van der Waals surface area contributed by atoms with Crippen LogP contribution in [-0.4, -0.2) is 52.2 Å². The summed E-state index contributed by atoms with van der Waals surface area (Å²) in [5.74, 6) is 2.50. The van der Waals surface area contributed by atoms with Crippen LogP contribution in [0.1, 0.15) is 82.5 Å². The number of sulfone groups is 1. The van der Waals surface area contributed by atoms with Gasteiger partial charge in [-0.25, -0.2) is 23.4 Å². The molecule has 176 valence electrons. The highest BCUT2D eigenvalue weighted by Gasteiger charge is 2.28. The fraction of sp³-hybridized carbons (Fsp3) is 0.708. The highest BCUT2D eigenvalue weighted by molar-refractivity contribution is 7.91. The van der Waals surface area contributed by atoms with Crippen LogP contribution >= 0.6 is 0 Å². The third kappa shape index (κ3) is 5.57. The van der Waals surface area contributed by atoms with Crippen LogP contribution in [-0.2, 0) is 16.3 Å². The Labute approximate surface area is 190 Å². The maximum absolute atomic E-state index is 11.8. The van der Waals surface area contributed by atoms with E-state index in [4.69, 9.17) is 9.72 Å². The number of hydrogen-bond acceptors (Lipinski definition) is 7. The standard InChI is InChI=1S/C24H35N3O4S/c1-3-4-16(2)13-22-25-15-21-23(27-22)20(17-5-7-18(28)8-6-17)14-26-24(21)31-19-9-11-32(29,30)12-10-19/h14-19,28H,3-13H2,1-2H3. The van der Waals surface area contributed by atoms with Crippen LogP contribution in [0.4, 0.5) is 0 Å². The molecule has 1 saturated carbocycles. The van der Waals surface area contributed by atoms with Crippen LogP contribution in [0.15, 0.2) is 12.4 Å². The number of ether oxygens (including phenoxy) is 1. The lowest BCUT2D eigenvalue weighted by Crippen LogP contribution is -2.31. The van der Waals surface area contributed by atoms with Gasteiger partial charge in [0.15, 0.2) is 9.84 Å². The number of fused-ring (bicyclic) bond motifs is 1. The highest BCUT2D eigenvalue weighted by Crippen LogP contribution is 2.38. The van der Waals surface area contributed by atoms with Crippen molar-refractivity contribution in [3.63, 3.8) is 0 Å². The second-order valence-electron chi connectivity index (χ2n) is 9.64. The minimum atomic E-state index is -2.94. The molecule has 0 spiro atoms. The molecule has 32 heavy (non-hydrogen) atoms. The first-order chi connectivity index (χ1) is 15.3. The molecule has 2 aromatic heterocycles. The number of rotatable bonds is 7. The van der Waals surface area contributed by atoms with Gasteiger partial charge >= 0.3 is 0 Å². The van der Waals surface area contributed by atoms with E-state index in [0.717, 1.165) is 67.2 Å². The summed E-state index contributed by atoms with van der Waals surface area (Å²) in [7, 11) is -2.94. The van der Waals surface area contributed by atoms with Crippen molar-refractivity contribution in [3.05, 3.63) is 23.8 Å². The molecule has 1 aliphatic carbocycles. The van der Waals surface area contributed by atoms with Crippen molar-refractivity contribution >= 4 is 20.7 Å². The quantitative estimate of drug-likeness (QED) is 0.665. The van der Waals surface area contributed by atoms with E-state index in [0.29, 0.717) is 30.6 Å². The minimum Gasteiger partial charge on any atom is -0.474 e. The summed E-state index contributed by atoms with van der Waals surface area (Å²) in [5, 5.41) is 10.7. The predicted octanol–water partition coefficient (Wildman–Crippen LogP) is 3.98. The normalized spacial score (nSPS) is 25.0. The summed E-state index contributed by atoms with van der Waals surface area (Å²) in [6.07, 6.45) is 10.9. The van der Waals surface area contributed by atoms with Gasteiger partial charge in [0.1, 0.15) is 11.9 Å². The average molecular weight is 462 g/mol. The molecule has 1 atom stereocenters. The van der Waals surface area contributed by atoms with Crippen molar-refractivity contribution in [2.75, 3.05) is 11.5 Å². The van der Waals surface area contributed by atoms with Crippen molar-refractivity contribution in [2.24, 2.45) is 5.92 Å². The van der Waals surface area contributed by atoms with Crippen molar-refractivity contribution in [3.8, 4) is 5.88 Å². The van der Waals surface area contributed by atoms with Gasteiger partial charge in [0.05, 0.1) is 28.5 Å². The van der Waals surface area contributed by atoms with Gasteiger partial charge in [-0.15, -0.1) is 0 Å². The zero-order valence-electron chi connectivity index (χ0n) is 19.2. The van der Waals surface area contributed by atoms with E-state index in [1.165, 1.54) is 0 Å². The Hall–Kier alpha value is -1.80. The molecule has 1 unspecified atom stereocenters. The monoisotopic (exact) mass is 461 g/mol. The Morgan fingerprint density at radius 2 is 1.81 bits per heavy atom. The van der Waals surface area contributed by atoms with Crippen molar-refractivity contribution in [1.29, 1.82) is 0 Å². The van der Waals surface area contributed by atoms with Crippen molar-refractivity contribution in [1.82, 2.24) is 15.0 Å². The summed E-state index contributed by atoms with van der Waals surface area (Å²) in [5.41, 5.74) is 2.01. The molecule has 4 rings (SSSR count). The van der Waals surface area contributed by atoms with E-state index in [1.807, 2.05) is 12.4 Å². The van der Waals surface area contributed by atoms with Crippen LogP contribution in [0.5, 0.6) is 5.88 Å². The maximum atomic E-state index is 11.8. The van der Waals surface area contributed by atoms with Gasteiger partial charge < -0.3 is 9.84 Å². The van der Waals surface area contributed by atoms with Gasteiger partial charge in [0.2, 0.25) is 5.88 Å². The van der Waals surface area contributed by atoms with E-state index < -0.39 is 9.84 Å². The van der Waals surface area contributed by atoms with Gasteiger partial charge in [0.25, 0.3) is 0 Å². The first kappa shape index (κ1) is 23.4. The number of hydrogen-bond donors (Lipinski definition) is 1. The predicted molar refractivity (Wildman–Crippen MR) is 125 cm³/mol. The smallest absolute Gasteiger partial charge is 0.224 e. The van der Waals surface area contributed by atoms with E-state index in [2.05, 4.69) is 23.8 Å². The molecule has 0 radical (unpaired) electrons. The summed E-state index contributed by atoms with van der Waals surface area (Å²) in [6.45, 7) is 4.43. The Morgan fingerprint density at radius 1 is 1.09 bits per heavy atom. The first-order valence-corrected chi connectivity index (χ1v) is 13.9. The Morgan fingerprint density at radius 3 is 2.50 bits per heavy atom. The molecule has 0 bridgehead atoms. The van der Waals surface area contributed by atoms with Crippen LogP contribution < -0.4 is 4.74 Å². The second kappa shape index (κ2) is 10.00. The number of aromatic nitrogens is 3. The summed E-state index contributed by atoms with van der Waals surface area (Å²) in [6, 6.07) is 0. The SMILES string of the molecule is CCCC(C)Cc1ncc2c(OC3CCS(=O)(=O)CC3)ncc(C3CCC(O)CC3)c2n1. The van der Waals surface area contributed by atoms with Crippen molar-refractivity contribution < 1.29 is 18.3 Å². The zero-order chi connectivity index (χ0) is 22.7. The van der Waals surface area contributed by atoms with Crippen LogP contribution in [0.2, 0.25) is 0 Å². The Balaban J connectivity index is 1.65. The van der Waals surface area contributed by atoms with Gasteiger partial charge in [-0.05, 0) is 50.4 Å². The van der Waals surface area contributed by atoms with E-state index in [9.17, 15) is 13.5 Å². The number of nitrogens with zero attached hydrogens (tertiary/aromatic N) is 3. The van der Waals surface area contributed by atoms with E-state index >= 15 is 0 Å². The lowest BCUT2D eigenvalue weighted by molar-refractivity contribution is 0.122. The highest BCUT2D eigenvalue weighted by atomic mass is 32.2. The summed E-state index contributed by atoms with van der Waals surface area (Å²) in [4.78, 5) is 14.3. The molecule has 1 N–H and O–H groups in total. The third-order valence-corrected chi connectivity index (χ3v) is 8.61. The molecule has 2 aliphatic rings. The first-order valence-electron chi connectivity index (χ1n) is 12.0. The number of aliphatic hydroxyl groups excluding tert-OH is 1. The van der Waals surface area contributed by atoms with Gasteiger partial charge in [0, 0.05) is 24.4 Å². The zero-order valence-corrected chi connectivity index (χ0v) is 20.0. The largest absolute Gasteiger partial charge is 0.474 e. The van der Waals surface area contributed by atoms with Gasteiger partial charge in [-0.2, -0.15) is 0 Å². The third-order valence-electron chi connectivity index (χ3n) is 6.89. The molecule has 3 heterocycles. The van der Waals surface area contributed by atoms with Gasteiger partial charge in [-0.3, -0.25) is 0 Å². The molecule has 2 aromatic rings. The molecular weight excluding hydrogens is 426 g/mol. The fourth-order valence-corrected chi connectivity index (χ4v) is 6.43. The summed E-state index contributed by atoms with van der Waals surface area (Å²) < 4.78 is 29.7. The average Bonchev–Trinajstić information content (AvgIpc) is 2.76. The molecular formula is C24H35N3O4S. The van der Waals surface area contributed by atoms with Crippen molar-refractivity contribution in [2.45, 2.75) is 89.8 Å². The maximum Gasteiger partial charge on any atom is 0.224 e. The van der Waals surface area contributed by atoms with E-state index in [1.54, 1.807) is 0 Å². The number of aliphatic hydroxyl groups is 1. The topological polar surface area (TPSA) is 102 Å². The van der Waals surface area contributed by atoms with Crippen LogP contribution in [0.25, 0.3) is 10.9 Å². The fourth-order valence-electron chi connectivity index (χ4n) is 4.98. The minimum absolute atomic E-state index is 0.158. The molecule has 1 saturated heterocycles. The molecule has 1 aliphatic heterocycles. The lowest BCUT2D eigenvalue weighted by Gasteiger charge is -2.27. The van der Waals surface area contributed by atoms with E-state index in [-0.39, 0.29) is 23.7 Å². The molecule has 0 amide bonds. The van der Waals surface area contributed by atoms with Crippen LogP contribution in [0, 0.1) is 5.92 Å².